The molecule has 2 rings (SSSR count). The summed E-state index contributed by atoms with van der Waals surface area (Å²) in [6.07, 6.45) is 1.52. The highest BCUT2D eigenvalue weighted by Crippen LogP contribution is 2.22. The van der Waals surface area contributed by atoms with Crippen LogP contribution in [0.2, 0.25) is 5.02 Å². The Kier molecular flexibility index (Phi) is 4.57. The number of rotatable bonds is 3. The van der Waals surface area contributed by atoms with Crippen molar-refractivity contribution >= 4 is 51.0 Å². The molecule has 0 unspecified atom stereocenters. The highest BCUT2D eigenvalue weighted by molar-refractivity contribution is 9.11. The number of nitrogens with one attached hydrogen (secondary N) is 1. The second kappa shape index (κ2) is 6.18. The third-order valence-electron chi connectivity index (χ3n) is 2.16. The zero-order valence-electron chi connectivity index (χ0n) is 9.43. The first-order valence-electron chi connectivity index (χ1n) is 5.13. The van der Waals surface area contributed by atoms with Crippen molar-refractivity contribution in [3.63, 3.8) is 0 Å². The Balaban J connectivity index is 2.05. The summed E-state index contributed by atoms with van der Waals surface area (Å²) in [5.41, 5.74) is 2.41. The van der Waals surface area contributed by atoms with Gasteiger partial charge in [-0.3, -0.25) is 4.79 Å². The predicted octanol–water partition coefficient (Wildman–Crippen LogP) is 3.63. The Morgan fingerprint density at radius 2 is 2.21 bits per heavy atom. The first-order chi connectivity index (χ1) is 9.06. The molecule has 1 heterocycles. The molecule has 98 valence electrons. The Hall–Kier alpha value is -1.37. The minimum atomic E-state index is -0.521. The molecule has 0 aliphatic heterocycles. The van der Waals surface area contributed by atoms with Gasteiger partial charge in [-0.05, 0) is 46.3 Å². The third kappa shape index (κ3) is 3.79. The summed E-state index contributed by atoms with van der Waals surface area (Å²) < 4.78 is 0.979. The smallest absolute Gasteiger partial charge is 0.275 e. The van der Waals surface area contributed by atoms with Crippen molar-refractivity contribution in [1.82, 2.24) is 5.43 Å². The molecular weight excluding hydrogens is 352 g/mol. The van der Waals surface area contributed by atoms with Gasteiger partial charge < -0.3 is 5.11 Å². The number of phenolic OH excluding ortho intramolecular Hbond substituents is 1. The Labute approximate surface area is 126 Å². The molecule has 1 aromatic heterocycles. The molecule has 0 atom stereocenters. The number of carbonyl (C=O) groups is 1. The lowest BCUT2D eigenvalue weighted by molar-refractivity contribution is 0.0952. The van der Waals surface area contributed by atoms with Crippen molar-refractivity contribution in [1.29, 1.82) is 0 Å². The van der Waals surface area contributed by atoms with E-state index in [1.54, 1.807) is 0 Å². The van der Waals surface area contributed by atoms with E-state index in [-0.39, 0.29) is 11.3 Å². The van der Waals surface area contributed by atoms with Crippen LogP contribution in [0.3, 0.4) is 0 Å². The van der Waals surface area contributed by atoms with Crippen LogP contribution < -0.4 is 5.43 Å². The second-order valence-corrected chi connectivity index (χ2v) is 6.43. The highest BCUT2D eigenvalue weighted by Gasteiger charge is 2.10. The van der Waals surface area contributed by atoms with Crippen LogP contribution in [0.25, 0.3) is 0 Å². The SMILES string of the molecule is O=C(NN=Cc1ccc(Br)s1)c1cc(Cl)ccc1O. The van der Waals surface area contributed by atoms with E-state index in [4.69, 9.17) is 11.6 Å². The Morgan fingerprint density at radius 3 is 2.89 bits per heavy atom. The van der Waals surface area contributed by atoms with E-state index >= 15 is 0 Å². The van der Waals surface area contributed by atoms with Gasteiger partial charge in [0.05, 0.1) is 15.6 Å². The molecule has 19 heavy (non-hydrogen) atoms. The number of carbonyl (C=O) groups excluding carboxylic acids is 1. The van der Waals surface area contributed by atoms with Crippen LogP contribution in [0, 0.1) is 0 Å². The zero-order valence-corrected chi connectivity index (χ0v) is 12.6. The summed E-state index contributed by atoms with van der Waals surface area (Å²) in [7, 11) is 0. The summed E-state index contributed by atoms with van der Waals surface area (Å²) in [5, 5.41) is 13.7. The lowest BCUT2D eigenvalue weighted by Crippen LogP contribution is -2.17. The van der Waals surface area contributed by atoms with E-state index in [1.807, 2.05) is 12.1 Å². The van der Waals surface area contributed by atoms with Gasteiger partial charge in [0, 0.05) is 9.90 Å². The standard InChI is InChI=1S/C12H8BrClN2O2S/c13-11-4-2-8(19-11)6-15-16-12(18)9-5-7(14)1-3-10(9)17/h1-6,17H,(H,16,18). The van der Waals surface area contributed by atoms with Crippen LogP contribution in [-0.4, -0.2) is 17.2 Å². The largest absolute Gasteiger partial charge is 0.507 e. The van der Waals surface area contributed by atoms with Gasteiger partial charge in [0.15, 0.2) is 0 Å². The lowest BCUT2D eigenvalue weighted by Gasteiger charge is -2.02. The predicted molar refractivity (Wildman–Crippen MR) is 80.2 cm³/mol. The van der Waals surface area contributed by atoms with Crippen LogP contribution in [0.1, 0.15) is 15.2 Å². The molecule has 2 N–H and O–H groups in total. The maximum absolute atomic E-state index is 11.8. The summed E-state index contributed by atoms with van der Waals surface area (Å²) in [5.74, 6) is -0.664. The molecule has 0 bridgehead atoms. The number of benzene rings is 1. The molecule has 4 nitrogen and oxygen atoms in total. The van der Waals surface area contributed by atoms with Crippen molar-refractivity contribution in [3.05, 3.63) is 49.6 Å². The Bertz CT molecular complexity index is 642. The van der Waals surface area contributed by atoms with E-state index in [9.17, 15) is 9.90 Å². The molecule has 0 radical (unpaired) electrons. The van der Waals surface area contributed by atoms with E-state index in [0.29, 0.717) is 5.02 Å². The van der Waals surface area contributed by atoms with Crippen molar-refractivity contribution in [3.8, 4) is 5.75 Å². The normalized spacial score (nSPS) is 10.8. The molecular formula is C12H8BrClN2O2S. The molecule has 1 amide bonds. The monoisotopic (exact) mass is 358 g/mol. The molecule has 0 aliphatic rings. The summed E-state index contributed by atoms with van der Waals surface area (Å²) in [6.45, 7) is 0. The summed E-state index contributed by atoms with van der Waals surface area (Å²) in [4.78, 5) is 12.7. The number of halogens is 2. The summed E-state index contributed by atoms with van der Waals surface area (Å²) in [6, 6.07) is 7.98. The fourth-order valence-electron chi connectivity index (χ4n) is 1.30. The number of amides is 1. The number of phenols is 1. The maximum atomic E-state index is 11.8. The number of thiophene rings is 1. The van der Waals surface area contributed by atoms with Gasteiger partial charge in [0.2, 0.25) is 0 Å². The highest BCUT2D eigenvalue weighted by atomic mass is 79.9. The quantitative estimate of drug-likeness (QED) is 0.649. The summed E-state index contributed by atoms with van der Waals surface area (Å²) >= 11 is 10.6. The number of nitrogens with zero attached hydrogens (tertiary/aromatic N) is 1. The van der Waals surface area contributed by atoms with Gasteiger partial charge >= 0.3 is 0 Å². The van der Waals surface area contributed by atoms with E-state index in [2.05, 4.69) is 26.5 Å². The number of hydrazone groups is 1. The molecule has 1 aromatic carbocycles. The van der Waals surface area contributed by atoms with Crippen molar-refractivity contribution in [2.75, 3.05) is 0 Å². The van der Waals surface area contributed by atoms with Crippen LogP contribution in [-0.2, 0) is 0 Å². The van der Waals surface area contributed by atoms with Gasteiger partial charge in [-0.2, -0.15) is 5.10 Å². The molecule has 0 fully saturated rings. The first-order valence-corrected chi connectivity index (χ1v) is 7.12. The molecule has 0 aliphatic carbocycles. The van der Waals surface area contributed by atoms with Crippen LogP contribution >= 0.6 is 38.9 Å². The topological polar surface area (TPSA) is 61.7 Å². The average Bonchev–Trinajstić information content (AvgIpc) is 2.78. The number of hydrogen-bond acceptors (Lipinski definition) is 4. The van der Waals surface area contributed by atoms with Gasteiger partial charge in [0.1, 0.15) is 5.75 Å². The Morgan fingerprint density at radius 1 is 1.42 bits per heavy atom. The molecule has 0 spiro atoms. The van der Waals surface area contributed by atoms with Crippen LogP contribution in [0.5, 0.6) is 5.75 Å². The average molecular weight is 360 g/mol. The second-order valence-electron chi connectivity index (χ2n) is 3.50. The van der Waals surface area contributed by atoms with Gasteiger partial charge in [-0.15, -0.1) is 11.3 Å². The molecule has 0 saturated carbocycles. The van der Waals surface area contributed by atoms with Gasteiger partial charge in [-0.1, -0.05) is 11.6 Å². The van der Waals surface area contributed by atoms with Crippen molar-refractivity contribution in [2.24, 2.45) is 5.10 Å². The van der Waals surface area contributed by atoms with Gasteiger partial charge in [-0.25, -0.2) is 5.43 Å². The van der Waals surface area contributed by atoms with Gasteiger partial charge in [0.25, 0.3) is 5.91 Å². The third-order valence-corrected chi connectivity index (χ3v) is 3.95. The molecule has 2 aromatic rings. The maximum Gasteiger partial charge on any atom is 0.275 e. The minimum absolute atomic E-state index is 0.0806. The van der Waals surface area contributed by atoms with Crippen molar-refractivity contribution < 1.29 is 9.90 Å². The lowest BCUT2D eigenvalue weighted by atomic mass is 10.2. The minimum Gasteiger partial charge on any atom is -0.507 e. The molecule has 7 heteroatoms. The fourth-order valence-corrected chi connectivity index (χ4v) is 2.77. The zero-order chi connectivity index (χ0) is 13.8. The number of hydrogen-bond donors (Lipinski definition) is 2. The van der Waals surface area contributed by atoms with Crippen LogP contribution in [0.4, 0.5) is 0 Å². The van der Waals surface area contributed by atoms with Crippen LogP contribution in [0.15, 0.2) is 39.2 Å². The number of aromatic hydroxyl groups is 1. The fraction of sp³-hybridized carbons (Fsp3) is 0. The van der Waals surface area contributed by atoms with E-state index < -0.39 is 5.91 Å². The van der Waals surface area contributed by atoms with E-state index in [1.165, 1.54) is 35.8 Å². The van der Waals surface area contributed by atoms with E-state index in [0.717, 1.165) is 8.66 Å². The first kappa shape index (κ1) is 14.0. The molecule has 0 saturated heterocycles. The van der Waals surface area contributed by atoms with Crippen molar-refractivity contribution in [2.45, 2.75) is 0 Å².